The van der Waals surface area contributed by atoms with Crippen LogP contribution in [-0.4, -0.2) is 72.6 Å². The molecule has 0 aromatic heterocycles. The molecule has 4 rings (SSSR count). The molecule has 1 atom stereocenters. The minimum absolute atomic E-state index is 0.0152. The Labute approximate surface area is 158 Å². The van der Waals surface area contributed by atoms with Crippen molar-refractivity contribution in [2.45, 2.75) is 25.8 Å². The van der Waals surface area contributed by atoms with Crippen molar-refractivity contribution in [2.24, 2.45) is 5.41 Å². The molecule has 0 aliphatic carbocycles. The number of carbonyl (C=O) groups excluding carboxylic acids is 2. The average Bonchev–Trinajstić information content (AvgIpc) is 3.24. The van der Waals surface area contributed by atoms with Crippen LogP contribution in [0.5, 0.6) is 0 Å². The van der Waals surface area contributed by atoms with Crippen molar-refractivity contribution in [2.75, 3.05) is 45.9 Å². The molecule has 0 N–H and O–H groups in total. The summed E-state index contributed by atoms with van der Waals surface area (Å²) in [5, 5.41) is 0. The van der Waals surface area contributed by atoms with Gasteiger partial charge in [0.2, 0.25) is 5.91 Å². The zero-order chi connectivity index (χ0) is 18.9. The summed E-state index contributed by atoms with van der Waals surface area (Å²) in [4.78, 5) is 30.0. The van der Waals surface area contributed by atoms with Crippen LogP contribution in [0.15, 0.2) is 24.3 Å². The van der Waals surface area contributed by atoms with Crippen LogP contribution in [0.1, 0.15) is 24.8 Å². The van der Waals surface area contributed by atoms with Gasteiger partial charge in [0, 0.05) is 31.6 Å². The van der Waals surface area contributed by atoms with E-state index in [1.54, 1.807) is 0 Å². The number of hydrogen-bond acceptors (Lipinski definition) is 4. The molecule has 1 aromatic carbocycles. The predicted octanol–water partition coefficient (Wildman–Crippen LogP) is 2.09. The van der Waals surface area contributed by atoms with Gasteiger partial charge in [0.15, 0.2) is 0 Å². The zero-order valence-corrected chi connectivity index (χ0v) is 15.5. The van der Waals surface area contributed by atoms with E-state index in [9.17, 15) is 14.0 Å². The van der Waals surface area contributed by atoms with E-state index in [2.05, 4.69) is 4.90 Å². The summed E-state index contributed by atoms with van der Waals surface area (Å²) in [5.74, 6) is -0.193. The molecule has 3 heterocycles. The summed E-state index contributed by atoms with van der Waals surface area (Å²) in [5.41, 5.74) is 1.26. The molecule has 3 aliphatic heterocycles. The summed E-state index contributed by atoms with van der Waals surface area (Å²) in [6, 6.07) is 6.70. The largest absolute Gasteiger partial charge is 0.448 e. The Bertz CT molecular complexity index is 711. The third-order valence-electron chi connectivity index (χ3n) is 6.02. The second-order valence-corrected chi connectivity index (χ2v) is 8.04. The molecule has 146 valence electrons. The second kappa shape index (κ2) is 7.46. The maximum absolute atomic E-state index is 13.1. The molecule has 27 heavy (non-hydrogen) atoms. The predicted molar refractivity (Wildman–Crippen MR) is 97.5 cm³/mol. The van der Waals surface area contributed by atoms with Crippen molar-refractivity contribution in [3.63, 3.8) is 0 Å². The third kappa shape index (κ3) is 4.08. The molecule has 2 amide bonds. The highest BCUT2D eigenvalue weighted by molar-refractivity contribution is 5.83. The lowest BCUT2D eigenvalue weighted by Crippen LogP contribution is -2.46. The quantitative estimate of drug-likeness (QED) is 0.809. The molecule has 1 aromatic rings. The summed E-state index contributed by atoms with van der Waals surface area (Å²) in [7, 11) is 0. The van der Waals surface area contributed by atoms with Gasteiger partial charge in [-0.25, -0.2) is 9.18 Å². The van der Waals surface area contributed by atoms with E-state index in [0.29, 0.717) is 13.2 Å². The van der Waals surface area contributed by atoms with E-state index >= 15 is 0 Å². The van der Waals surface area contributed by atoms with Crippen molar-refractivity contribution >= 4 is 12.0 Å². The lowest BCUT2D eigenvalue weighted by molar-refractivity contribution is -0.131. The van der Waals surface area contributed by atoms with Gasteiger partial charge in [-0.3, -0.25) is 14.6 Å². The molecule has 1 unspecified atom stereocenters. The zero-order valence-electron chi connectivity index (χ0n) is 15.5. The molecule has 6 nitrogen and oxygen atoms in total. The molecule has 1 spiro atoms. The van der Waals surface area contributed by atoms with E-state index in [1.807, 2.05) is 17.0 Å². The van der Waals surface area contributed by atoms with E-state index in [4.69, 9.17) is 4.74 Å². The molecule has 3 fully saturated rings. The first-order valence-electron chi connectivity index (χ1n) is 9.69. The number of amides is 2. The lowest BCUT2D eigenvalue weighted by atomic mass is 9.79. The Morgan fingerprint density at radius 2 is 1.93 bits per heavy atom. The molecule has 0 saturated carbocycles. The number of hydrogen-bond donors (Lipinski definition) is 0. The van der Waals surface area contributed by atoms with Crippen molar-refractivity contribution in [3.8, 4) is 0 Å². The molecule has 7 heteroatoms. The van der Waals surface area contributed by atoms with Crippen LogP contribution in [0.25, 0.3) is 0 Å². The van der Waals surface area contributed by atoms with Crippen molar-refractivity contribution in [3.05, 3.63) is 35.6 Å². The van der Waals surface area contributed by atoms with Crippen molar-refractivity contribution < 1.29 is 18.7 Å². The monoisotopic (exact) mass is 375 g/mol. The number of benzene rings is 1. The van der Waals surface area contributed by atoms with Gasteiger partial charge in [0.1, 0.15) is 19.0 Å². The van der Waals surface area contributed by atoms with Gasteiger partial charge in [-0.05, 0) is 43.5 Å². The molecule has 3 saturated heterocycles. The number of likely N-dealkylation sites (tertiary alicyclic amines) is 2. The van der Waals surface area contributed by atoms with Crippen LogP contribution < -0.4 is 0 Å². The smallest absolute Gasteiger partial charge is 0.410 e. The summed E-state index contributed by atoms with van der Waals surface area (Å²) < 4.78 is 18.0. The molecule has 3 aliphatic rings. The first kappa shape index (κ1) is 18.2. The normalized spacial score (nSPS) is 26.0. The standard InChI is InChI=1S/C20H26FN3O3/c21-17-4-2-16(3-5-17)12-22-8-1-6-20(14-22)7-9-24(15-20)18(25)13-23-10-11-27-19(23)26/h2-5H,1,6-15H2. The highest BCUT2D eigenvalue weighted by Crippen LogP contribution is 2.39. The van der Waals surface area contributed by atoms with E-state index < -0.39 is 0 Å². The number of halogens is 1. The minimum Gasteiger partial charge on any atom is -0.448 e. The van der Waals surface area contributed by atoms with Gasteiger partial charge in [-0.15, -0.1) is 0 Å². The number of piperidine rings is 1. The highest BCUT2D eigenvalue weighted by atomic mass is 19.1. The van der Waals surface area contributed by atoms with Crippen LogP contribution >= 0.6 is 0 Å². The molecular weight excluding hydrogens is 349 g/mol. The maximum atomic E-state index is 13.1. The Kier molecular flexibility index (Phi) is 5.04. The Morgan fingerprint density at radius 3 is 2.67 bits per heavy atom. The van der Waals surface area contributed by atoms with Crippen LogP contribution in [0.3, 0.4) is 0 Å². The van der Waals surface area contributed by atoms with Crippen molar-refractivity contribution in [1.82, 2.24) is 14.7 Å². The van der Waals surface area contributed by atoms with Gasteiger partial charge >= 0.3 is 6.09 Å². The highest BCUT2D eigenvalue weighted by Gasteiger charge is 2.43. The van der Waals surface area contributed by atoms with E-state index in [0.717, 1.165) is 57.5 Å². The number of cyclic esters (lactones) is 1. The number of nitrogens with zero attached hydrogens (tertiary/aromatic N) is 3. The summed E-state index contributed by atoms with van der Waals surface area (Å²) in [6.45, 7) is 5.31. The van der Waals surface area contributed by atoms with Crippen molar-refractivity contribution in [1.29, 1.82) is 0 Å². The van der Waals surface area contributed by atoms with Gasteiger partial charge in [0.25, 0.3) is 0 Å². The average molecular weight is 375 g/mol. The molecule has 0 bridgehead atoms. The SMILES string of the molecule is O=C(CN1CCOC1=O)N1CCC2(CCCN(Cc3ccc(F)cc3)C2)C1. The van der Waals surface area contributed by atoms with E-state index in [1.165, 1.54) is 17.0 Å². The Balaban J connectivity index is 1.34. The first-order chi connectivity index (χ1) is 13.0. The van der Waals surface area contributed by atoms with Crippen LogP contribution in [-0.2, 0) is 16.1 Å². The fourth-order valence-corrected chi connectivity index (χ4v) is 4.61. The van der Waals surface area contributed by atoms with Gasteiger partial charge in [-0.1, -0.05) is 12.1 Å². The minimum atomic E-state index is -0.389. The van der Waals surface area contributed by atoms with E-state index in [-0.39, 0.29) is 29.8 Å². The topological polar surface area (TPSA) is 53.1 Å². The number of carbonyl (C=O) groups is 2. The Morgan fingerprint density at radius 1 is 1.11 bits per heavy atom. The van der Waals surface area contributed by atoms with Crippen LogP contribution in [0.2, 0.25) is 0 Å². The maximum Gasteiger partial charge on any atom is 0.410 e. The lowest BCUT2D eigenvalue weighted by Gasteiger charge is -2.40. The molecule has 0 radical (unpaired) electrons. The number of ether oxygens (including phenoxy) is 1. The third-order valence-corrected chi connectivity index (χ3v) is 6.02. The van der Waals surface area contributed by atoms with Gasteiger partial charge in [0.05, 0.1) is 6.54 Å². The Hall–Kier alpha value is -2.15. The van der Waals surface area contributed by atoms with Gasteiger partial charge in [-0.2, -0.15) is 0 Å². The van der Waals surface area contributed by atoms with Crippen LogP contribution in [0.4, 0.5) is 9.18 Å². The van der Waals surface area contributed by atoms with Gasteiger partial charge < -0.3 is 9.64 Å². The second-order valence-electron chi connectivity index (χ2n) is 8.04. The number of rotatable bonds is 4. The first-order valence-corrected chi connectivity index (χ1v) is 9.69. The fourth-order valence-electron chi connectivity index (χ4n) is 4.61. The van der Waals surface area contributed by atoms with Crippen LogP contribution in [0, 0.1) is 11.2 Å². The fraction of sp³-hybridized carbons (Fsp3) is 0.600. The summed E-state index contributed by atoms with van der Waals surface area (Å²) in [6.07, 6.45) is 2.85. The summed E-state index contributed by atoms with van der Waals surface area (Å²) >= 11 is 0. The molecular formula is C20H26FN3O3.